The van der Waals surface area contributed by atoms with Crippen molar-refractivity contribution in [3.8, 4) is 0 Å². The van der Waals surface area contributed by atoms with Crippen molar-refractivity contribution < 1.29 is 4.79 Å². The van der Waals surface area contributed by atoms with Gasteiger partial charge in [0.15, 0.2) is 0 Å². The van der Waals surface area contributed by atoms with Gasteiger partial charge >= 0.3 is 0 Å². The number of carbonyl (C=O) groups excluding carboxylic acids is 1. The Hall–Kier alpha value is -1.16. The van der Waals surface area contributed by atoms with Gasteiger partial charge in [-0.3, -0.25) is 9.48 Å². The van der Waals surface area contributed by atoms with Gasteiger partial charge < -0.3 is 5.32 Å². The number of aromatic nitrogens is 2. The van der Waals surface area contributed by atoms with Crippen molar-refractivity contribution in [2.24, 2.45) is 7.05 Å². The summed E-state index contributed by atoms with van der Waals surface area (Å²) in [5.74, 6) is 0.323. The largest absolute Gasteiger partial charge is 0.315 e. The van der Waals surface area contributed by atoms with E-state index in [9.17, 15) is 4.79 Å². The summed E-state index contributed by atoms with van der Waals surface area (Å²) >= 11 is 0. The molecule has 1 aliphatic heterocycles. The second kappa shape index (κ2) is 3.30. The maximum Gasteiger partial charge on any atom is 0.144 e. The summed E-state index contributed by atoms with van der Waals surface area (Å²) < 4.78 is 1.77. The average molecular weight is 179 g/mol. The van der Waals surface area contributed by atoms with E-state index in [-0.39, 0.29) is 5.92 Å². The predicted molar refractivity (Wildman–Crippen MR) is 48.4 cm³/mol. The molecular formula is C9H13N3O. The number of hydrogen-bond acceptors (Lipinski definition) is 3. The molecule has 4 nitrogen and oxygen atoms in total. The third-order valence-corrected chi connectivity index (χ3v) is 2.50. The molecule has 1 aromatic rings. The molecule has 13 heavy (non-hydrogen) atoms. The molecule has 70 valence electrons. The molecule has 1 unspecified atom stereocenters. The Morgan fingerprint density at radius 1 is 1.69 bits per heavy atom. The van der Waals surface area contributed by atoms with Crippen molar-refractivity contribution in [3.63, 3.8) is 0 Å². The molecule has 0 amide bonds. The number of piperidine rings is 1. The Morgan fingerprint density at radius 3 is 3.15 bits per heavy atom. The van der Waals surface area contributed by atoms with Crippen molar-refractivity contribution in [3.05, 3.63) is 18.0 Å². The van der Waals surface area contributed by atoms with Gasteiger partial charge in [0.05, 0.1) is 5.92 Å². The molecule has 2 heterocycles. The van der Waals surface area contributed by atoms with Crippen LogP contribution >= 0.6 is 0 Å². The Morgan fingerprint density at radius 2 is 2.54 bits per heavy atom. The molecule has 1 aromatic heterocycles. The molecule has 1 fully saturated rings. The lowest BCUT2D eigenvalue weighted by Crippen LogP contribution is -2.36. The quantitative estimate of drug-likeness (QED) is 0.663. The molecule has 1 atom stereocenters. The van der Waals surface area contributed by atoms with Crippen molar-refractivity contribution in [2.75, 3.05) is 13.1 Å². The zero-order valence-corrected chi connectivity index (χ0v) is 7.66. The molecule has 4 heteroatoms. The minimum Gasteiger partial charge on any atom is -0.315 e. The second-order valence-electron chi connectivity index (χ2n) is 3.35. The third kappa shape index (κ3) is 1.49. The molecule has 0 spiro atoms. The zero-order chi connectivity index (χ0) is 9.26. The fraction of sp³-hybridized carbons (Fsp3) is 0.556. The molecule has 0 aliphatic carbocycles. The van der Waals surface area contributed by atoms with Gasteiger partial charge in [0, 0.05) is 38.4 Å². The third-order valence-electron chi connectivity index (χ3n) is 2.50. The van der Waals surface area contributed by atoms with E-state index in [2.05, 4.69) is 10.4 Å². The summed E-state index contributed by atoms with van der Waals surface area (Å²) in [4.78, 5) is 11.6. The summed E-state index contributed by atoms with van der Waals surface area (Å²) in [5.41, 5.74) is 1.01. The molecule has 0 aromatic carbocycles. The first kappa shape index (κ1) is 8.44. The van der Waals surface area contributed by atoms with E-state index in [0.29, 0.717) is 12.2 Å². The standard InChI is InChI=1S/C9H13N3O/c1-12-8(2-5-11-12)7-6-10-4-3-9(7)13/h2,5,7,10H,3-4,6H2,1H3. The monoisotopic (exact) mass is 179 g/mol. The van der Waals surface area contributed by atoms with E-state index in [0.717, 1.165) is 18.8 Å². The summed E-state index contributed by atoms with van der Waals surface area (Å²) in [6.45, 7) is 1.56. The van der Waals surface area contributed by atoms with Crippen LogP contribution in [0.2, 0.25) is 0 Å². The van der Waals surface area contributed by atoms with Crippen LogP contribution in [0, 0.1) is 0 Å². The fourth-order valence-electron chi connectivity index (χ4n) is 1.74. The topological polar surface area (TPSA) is 46.9 Å². The highest BCUT2D eigenvalue weighted by Gasteiger charge is 2.25. The van der Waals surface area contributed by atoms with Gasteiger partial charge in [-0.2, -0.15) is 5.10 Å². The van der Waals surface area contributed by atoms with E-state index in [1.807, 2.05) is 13.1 Å². The number of aryl methyl sites for hydroxylation is 1. The number of nitrogens with zero attached hydrogens (tertiary/aromatic N) is 2. The lowest BCUT2D eigenvalue weighted by molar-refractivity contribution is -0.121. The van der Waals surface area contributed by atoms with Gasteiger partial charge in [-0.05, 0) is 6.07 Å². The minimum absolute atomic E-state index is 0.00116. The van der Waals surface area contributed by atoms with E-state index in [1.54, 1.807) is 10.9 Å². The Balaban J connectivity index is 2.24. The van der Waals surface area contributed by atoms with Crippen LogP contribution in [0.25, 0.3) is 0 Å². The molecule has 1 saturated heterocycles. The van der Waals surface area contributed by atoms with Crippen LogP contribution in [0.3, 0.4) is 0 Å². The second-order valence-corrected chi connectivity index (χ2v) is 3.35. The van der Waals surface area contributed by atoms with Gasteiger partial charge in [0.1, 0.15) is 5.78 Å². The number of nitrogens with one attached hydrogen (secondary N) is 1. The Kier molecular flexibility index (Phi) is 2.14. The van der Waals surface area contributed by atoms with Crippen molar-refractivity contribution in [1.82, 2.24) is 15.1 Å². The van der Waals surface area contributed by atoms with Crippen LogP contribution in [-0.4, -0.2) is 28.7 Å². The average Bonchev–Trinajstić information content (AvgIpc) is 2.52. The number of carbonyl (C=O) groups is 1. The van der Waals surface area contributed by atoms with Gasteiger partial charge in [-0.1, -0.05) is 0 Å². The van der Waals surface area contributed by atoms with E-state index >= 15 is 0 Å². The first-order chi connectivity index (χ1) is 6.29. The van der Waals surface area contributed by atoms with E-state index in [4.69, 9.17) is 0 Å². The first-order valence-corrected chi connectivity index (χ1v) is 4.50. The number of Topliss-reactive ketones (excluding diaryl/α,β-unsaturated/α-hetero) is 1. The van der Waals surface area contributed by atoms with E-state index in [1.165, 1.54) is 0 Å². The van der Waals surface area contributed by atoms with Gasteiger partial charge in [0.2, 0.25) is 0 Å². The summed E-state index contributed by atoms with van der Waals surface area (Å²) in [7, 11) is 1.87. The SMILES string of the molecule is Cn1nccc1C1CNCCC1=O. The van der Waals surface area contributed by atoms with Crippen molar-refractivity contribution in [2.45, 2.75) is 12.3 Å². The van der Waals surface area contributed by atoms with Crippen LogP contribution in [0.5, 0.6) is 0 Å². The lowest BCUT2D eigenvalue weighted by Gasteiger charge is -2.21. The predicted octanol–water partition coefficient (Wildman–Crippen LogP) is 0.0661. The normalized spacial score (nSPS) is 23.5. The van der Waals surface area contributed by atoms with E-state index < -0.39 is 0 Å². The minimum atomic E-state index is 0.00116. The summed E-state index contributed by atoms with van der Waals surface area (Å²) in [6, 6.07) is 1.91. The summed E-state index contributed by atoms with van der Waals surface area (Å²) in [6.07, 6.45) is 2.37. The lowest BCUT2D eigenvalue weighted by atomic mass is 9.95. The van der Waals surface area contributed by atoms with Crippen LogP contribution < -0.4 is 5.32 Å². The smallest absolute Gasteiger partial charge is 0.144 e. The highest BCUT2D eigenvalue weighted by Crippen LogP contribution is 2.18. The van der Waals surface area contributed by atoms with Crippen LogP contribution in [-0.2, 0) is 11.8 Å². The molecule has 0 saturated carbocycles. The maximum atomic E-state index is 11.6. The van der Waals surface area contributed by atoms with Crippen LogP contribution in [0.15, 0.2) is 12.3 Å². The number of rotatable bonds is 1. The molecule has 0 radical (unpaired) electrons. The first-order valence-electron chi connectivity index (χ1n) is 4.50. The van der Waals surface area contributed by atoms with Crippen molar-refractivity contribution in [1.29, 1.82) is 0 Å². The van der Waals surface area contributed by atoms with Gasteiger partial charge in [-0.25, -0.2) is 0 Å². The summed E-state index contributed by atoms with van der Waals surface area (Å²) in [5, 5.41) is 7.28. The number of ketones is 1. The molecule has 1 aliphatic rings. The highest BCUT2D eigenvalue weighted by molar-refractivity contribution is 5.86. The van der Waals surface area contributed by atoms with Gasteiger partial charge in [0.25, 0.3) is 0 Å². The van der Waals surface area contributed by atoms with Crippen molar-refractivity contribution >= 4 is 5.78 Å². The van der Waals surface area contributed by atoms with Crippen LogP contribution in [0.4, 0.5) is 0 Å². The Labute approximate surface area is 76.9 Å². The molecule has 1 N–H and O–H groups in total. The maximum absolute atomic E-state index is 11.6. The zero-order valence-electron chi connectivity index (χ0n) is 7.66. The highest BCUT2D eigenvalue weighted by atomic mass is 16.1. The van der Waals surface area contributed by atoms with Crippen LogP contribution in [0.1, 0.15) is 18.0 Å². The molecule has 2 rings (SSSR count). The Bertz CT molecular complexity index is 318. The van der Waals surface area contributed by atoms with Gasteiger partial charge in [-0.15, -0.1) is 0 Å². The molecular weight excluding hydrogens is 166 g/mol. The fourth-order valence-corrected chi connectivity index (χ4v) is 1.74. The number of hydrogen-bond donors (Lipinski definition) is 1. The molecule has 0 bridgehead atoms.